The molecule has 9 nitrogen and oxygen atoms in total. The van der Waals surface area contributed by atoms with Crippen LogP contribution in [0.15, 0.2) is 24.3 Å². The van der Waals surface area contributed by atoms with E-state index in [-0.39, 0.29) is 25.3 Å². The van der Waals surface area contributed by atoms with Gasteiger partial charge >= 0.3 is 12.1 Å². The third kappa shape index (κ3) is 5.37. The van der Waals surface area contributed by atoms with E-state index in [0.717, 1.165) is 24.2 Å². The SMILES string of the molecule is CC(C)(C)C(NC(=O)C(F)(F)F)C(=O)NC(CC1CCC1)C(=O)N1C(=O)[C@@]2(CN[C@H](C#N)C2)c2ccccc21. The molecule has 0 bridgehead atoms. The number of nitrogens with one attached hydrogen (secondary N) is 3. The van der Waals surface area contributed by atoms with Crippen molar-refractivity contribution in [2.75, 3.05) is 11.4 Å². The second kappa shape index (κ2) is 10.3. The molecule has 4 rings (SSSR count). The summed E-state index contributed by atoms with van der Waals surface area (Å²) in [5.41, 5.74) is -1.27. The quantitative estimate of drug-likeness (QED) is 0.502. The van der Waals surface area contributed by atoms with E-state index in [1.165, 1.54) is 20.8 Å². The zero-order valence-electron chi connectivity index (χ0n) is 22.0. The van der Waals surface area contributed by atoms with E-state index in [4.69, 9.17) is 0 Å². The van der Waals surface area contributed by atoms with Gasteiger partial charge in [-0.15, -0.1) is 0 Å². The molecule has 0 aromatic heterocycles. The van der Waals surface area contributed by atoms with E-state index in [2.05, 4.69) is 16.7 Å². The third-order valence-electron chi connectivity index (χ3n) is 7.92. The van der Waals surface area contributed by atoms with Gasteiger partial charge in [-0.2, -0.15) is 18.4 Å². The van der Waals surface area contributed by atoms with E-state index in [1.807, 2.05) is 0 Å². The third-order valence-corrected chi connectivity index (χ3v) is 7.92. The number of para-hydroxylation sites is 1. The van der Waals surface area contributed by atoms with Crippen LogP contribution in [0.3, 0.4) is 0 Å². The second-order valence-corrected chi connectivity index (χ2v) is 11.7. The lowest BCUT2D eigenvalue weighted by Crippen LogP contribution is -2.60. The van der Waals surface area contributed by atoms with Crippen LogP contribution in [0.1, 0.15) is 58.4 Å². The first kappa shape index (κ1) is 28.5. The molecule has 1 aromatic rings. The summed E-state index contributed by atoms with van der Waals surface area (Å²) in [4.78, 5) is 53.9. The fourth-order valence-electron chi connectivity index (χ4n) is 5.56. The van der Waals surface area contributed by atoms with Gasteiger partial charge in [0, 0.05) is 6.54 Å². The molecular weight excluding hydrogens is 515 g/mol. The first-order valence-corrected chi connectivity index (χ1v) is 13.0. The van der Waals surface area contributed by atoms with Gasteiger partial charge in [-0.05, 0) is 35.8 Å². The highest BCUT2D eigenvalue weighted by Crippen LogP contribution is 2.47. The second-order valence-electron chi connectivity index (χ2n) is 11.7. The highest BCUT2D eigenvalue weighted by molar-refractivity contribution is 6.24. The summed E-state index contributed by atoms with van der Waals surface area (Å²) in [7, 11) is 0. The first-order valence-electron chi connectivity index (χ1n) is 13.0. The summed E-state index contributed by atoms with van der Waals surface area (Å²) in [6, 6.07) is 5.53. The van der Waals surface area contributed by atoms with Crippen LogP contribution in [0.25, 0.3) is 0 Å². The number of halogens is 3. The molecule has 4 atom stereocenters. The topological polar surface area (TPSA) is 131 Å². The van der Waals surface area contributed by atoms with Gasteiger partial charge in [0.15, 0.2) is 0 Å². The Morgan fingerprint density at radius 3 is 2.38 bits per heavy atom. The number of carbonyl (C=O) groups excluding carboxylic acids is 4. The number of alkyl halides is 3. The molecule has 3 aliphatic rings. The number of anilines is 1. The molecule has 12 heteroatoms. The summed E-state index contributed by atoms with van der Waals surface area (Å²) in [6.45, 7) is 4.66. The predicted molar refractivity (Wildman–Crippen MR) is 134 cm³/mol. The number of amides is 4. The van der Waals surface area contributed by atoms with Crippen molar-refractivity contribution in [1.29, 1.82) is 5.26 Å². The molecule has 2 heterocycles. The van der Waals surface area contributed by atoms with Crippen LogP contribution in [0.2, 0.25) is 0 Å². The number of rotatable bonds is 6. The van der Waals surface area contributed by atoms with Crippen molar-refractivity contribution in [3.8, 4) is 6.07 Å². The van der Waals surface area contributed by atoms with E-state index >= 15 is 0 Å². The number of nitriles is 1. The lowest BCUT2D eigenvalue weighted by Gasteiger charge is -2.35. The smallest absolute Gasteiger partial charge is 0.342 e. The van der Waals surface area contributed by atoms with Gasteiger partial charge < -0.3 is 16.0 Å². The molecule has 1 spiro atoms. The Hall–Kier alpha value is -3.46. The predicted octanol–water partition coefficient (Wildman–Crippen LogP) is 2.45. The fourth-order valence-corrected chi connectivity index (χ4v) is 5.56. The molecule has 4 amide bonds. The maximum atomic E-state index is 14.0. The Bertz CT molecular complexity index is 1220. The molecule has 2 fully saturated rings. The average Bonchev–Trinajstić information content (AvgIpc) is 3.37. The van der Waals surface area contributed by atoms with Gasteiger partial charge in [-0.3, -0.25) is 19.2 Å². The molecule has 3 N–H and O–H groups in total. The van der Waals surface area contributed by atoms with Crippen LogP contribution < -0.4 is 20.9 Å². The molecule has 2 aliphatic heterocycles. The van der Waals surface area contributed by atoms with Crippen LogP contribution in [0.4, 0.5) is 18.9 Å². The minimum Gasteiger partial charge on any atom is -0.342 e. The normalized spacial score (nSPS) is 24.5. The number of imide groups is 1. The molecule has 1 saturated heterocycles. The zero-order chi connectivity index (χ0) is 28.8. The van der Waals surface area contributed by atoms with Gasteiger partial charge in [0.1, 0.15) is 12.1 Å². The molecule has 210 valence electrons. The number of benzene rings is 1. The molecule has 1 saturated carbocycles. The van der Waals surface area contributed by atoms with Gasteiger partial charge in [0.25, 0.3) is 5.91 Å². The molecule has 0 radical (unpaired) electrons. The summed E-state index contributed by atoms with van der Waals surface area (Å²) in [5, 5.41) is 16.8. The van der Waals surface area contributed by atoms with E-state index < -0.39 is 58.8 Å². The summed E-state index contributed by atoms with van der Waals surface area (Å²) >= 11 is 0. The standard InChI is InChI=1S/C27H32F3N5O4/c1-25(2,3)20(34-23(38)27(28,29)30)21(36)33-18(11-15-7-6-8-15)22(37)35-19-10-5-4-9-17(19)26(24(35)39)12-16(13-31)32-14-26/h4-5,9-10,15-16,18,20,32H,6-8,11-12,14H2,1-3H3,(H,33,36)(H,34,38)/t16-,18?,20?,26-/m0/s1. The average molecular weight is 548 g/mol. The lowest BCUT2D eigenvalue weighted by molar-refractivity contribution is -0.175. The summed E-state index contributed by atoms with van der Waals surface area (Å²) in [5.74, 6) is -4.32. The molecular formula is C27H32F3N5O4. The highest BCUT2D eigenvalue weighted by atomic mass is 19.4. The van der Waals surface area contributed by atoms with Gasteiger partial charge in [0.2, 0.25) is 11.8 Å². The van der Waals surface area contributed by atoms with Gasteiger partial charge in [0.05, 0.1) is 23.2 Å². The Labute approximate surface area is 224 Å². The minimum absolute atomic E-state index is 0.0927. The van der Waals surface area contributed by atoms with Crippen molar-refractivity contribution in [3.05, 3.63) is 29.8 Å². The van der Waals surface area contributed by atoms with Crippen LogP contribution in [0.5, 0.6) is 0 Å². The van der Waals surface area contributed by atoms with Crippen LogP contribution in [-0.2, 0) is 24.6 Å². The monoisotopic (exact) mass is 547 g/mol. The maximum Gasteiger partial charge on any atom is 0.471 e. The van der Waals surface area contributed by atoms with Crippen molar-refractivity contribution in [1.82, 2.24) is 16.0 Å². The van der Waals surface area contributed by atoms with Crippen molar-refractivity contribution < 1.29 is 32.3 Å². The number of hydrogen-bond acceptors (Lipinski definition) is 6. The van der Waals surface area contributed by atoms with Crippen molar-refractivity contribution in [2.45, 2.75) is 82.6 Å². The summed E-state index contributed by atoms with van der Waals surface area (Å²) in [6.07, 6.45) is -2.24. The maximum absolute atomic E-state index is 14.0. The van der Waals surface area contributed by atoms with Crippen molar-refractivity contribution in [2.24, 2.45) is 11.3 Å². The zero-order valence-corrected chi connectivity index (χ0v) is 22.0. The Kier molecular flexibility index (Phi) is 7.51. The molecule has 1 aliphatic carbocycles. The number of fused-ring (bicyclic) bond motifs is 2. The van der Waals surface area contributed by atoms with Crippen molar-refractivity contribution in [3.63, 3.8) is 0 Å². The first-order chi connectivity index (χ1) is 18.2. The van der Waals surface area contributed by atoms with Gasteiger partial charge in [-0.25, -0.2) is 4.90 Å². The largest absolute Gasteiger partial charge is 0.471 e. The fraction of sp³-hybridized carbons (Fsp3) is 0.593. The number of carbonyl (C=O) groups is 4. The number of hydrogen-bond donors (Lipinski definition) is 3. The Balaban J connectivity index is 1.64. The van der Waals surface area contributed by atoms with Crippen LogP contribution in [-0.4, -0.2) is 54.5 Å². The molecule has 39 heavy (non-hydrogen) atoms. The number of nitrogens with zero attached hydrogens (tertiary/aromatic N) is 2. The Morgan fingerprint density at radius 2 is 1.85 bits per heavy atom. The highest BCUT2D eigenvalue weighted by Gasteiger charge is 2.57. The van der Waals surface area contributed by atoms with E-state index in [0.29, 0.717) is 11.3 Å². The van der Waals surface area contributed by atoms with Crippen LogP contribution >= 0.6 is 0 Å². The molecule has 2 unspecified atom stereocenters. The van der Waals surface area contributed by atoms with Crippen molar-refractivity contribution >= 4 is 29.3 Å². The van der Waals surface area contributed by atoms with Crippen LogP contribution in [0, 0.1) is 22.7 Å². The lowest BCUT2D eigenvalue weighted by atomic mass is 9.79. The van der Waals surface area contributed by atoms with E-state index in [9.17, 15) is 37.6 Å². The van der Waals surface area contributed by atoms with E-state index in [1.54, 1.807) is 29.6 Å². The van der Waals surface area contributed by atoms with Gasteiger partial charge in [-0.1, -0.05) is 58.2 Å². The Morgan fingerprint density at radius 1 is 1.18 bits per heavy atom. The minimum atomic E-state index is -5.19. The molecule has 1 aromatic carbocycles. The summed E-state index contributed by atoms with van der Waals surface area (Å²) < 4.78 is 39.0.